The van der Waals surface area contributed by atoms with Gasteiger partial charge >= 0.3 is 0 Å². The van der Waals surface area contributed by atoms with E-state index >= 15 is 0 Å². The largest absolute Gasteiger partial charge is 0.393 e. The number of benzene rings is 1. The Morgan fingerprint density at radius 1 is 1.42 bits per heavy atom. The van der Waals surface area contributed by atoms with Crippen LogP contribution >= 0.6 is 0 Å². The Balaban J connectivity index is 2.20. The van der Waals surface area contributed by atoms with Crippen molar-refractivity contribution in [3.8, 4) is 0 Å². The van der Waals surface area contributed by atoms with Gasteiger partial charge in [0.25, 0.3) is 0 Å². The lowest BCUT2D eigenvalue weighted by Gasteiger charge is -2.37. The molecule has 1 aliphatic heterocycles. The molecule has 19 heavy (non-hydrogen) atoms. The molecular weight excluding hydrogens is 236 g/mol. The molecule has 1 fully saturated rings. The van der Waals surface area contributed by atoms with Crippen LogP contribution in [0.25, 0.3) is 0 Å². The van der Waals surface area contributed by atoms with Gasteiger partial charge in [0.1, 0.15) is 0 Å². The van der Waals surface area contributed by atoms with Gasteiger partial charge in [0, 0.05) is 24.8 Å². The number of rotatable bonds is 4. The first-order chi connectivity index (χ1) is 9.13. The van der Waals surface area contributed by atoms with E-state index in [1.807, 2.05) is 0 Å². The standard InChI is InChI=1S/C16H26N2O/c1-4-17-13(3)14-7-5-6-8-15(14)18-10-9-16(19)12(2)11-18/h5-8,12-13,16-17,19H,4,9-11H2,1-3H3. The van der Waals surface area contributed by atoms with E-state index in [9.17, 15) is 5.11 Å². The molecule has 1 heterocycles. The molecule has 1 aliphatic rings. The molecule has 0 aliphatic carbocycles. The van der Waals surface area contributed by atoms with E-state index in [1.165, 1.54) is 11.3 Å². The fraction of sp³-hybridized carbons (Fsp3) is 0.625. The van der Waals surface area contributed by atoms with Crippen molar-refractivity contribution in [2.75, 3.05) is 24.5 Å². The van der Waals surface area contributed by atoms with E-state index in [0.29, 0.717) is 12.0 Å². The van der Waals surface area contributed by atoms with Crippen LogP contribution in [-0.2, 0) is 0 Å². The van der Waals surface area contributed by atoms with Crippen LogP contribution in [0.2, 0.25) is 0 Å². The lowest BCUT2D eigenvalue weighted by atomic mass is 9.95. The van der Waals surface area contributed by atoms with Gasteiger partial charge in [-0.05, 0) is 37.4 Å². The Labute approximate surface area is 116 Å². The molecule has 106 valence electrons. The molecule has 3 nitrogen and oxygen atoms in total. The van der Waals surface area contributed by atoms with Crippen LogP contribution in [0.4, 0.5) is 5.69 Å². The van der Waals surface area contributed by atoms with E-state index in [-0.39, 0.29) is 6.10 Å². The van der Waals surface area contributed by atoms with Crippen LogP contribution < -0.4 is 10.2 Å². The first-order valence-corrected chi connectivity index (χ1v) is 7.38. The molecule has 2 N–H and O–H groups in total. The molecule has 0 spiro atoms. The molecule has 1 saturated heterocycles. The molecule has 3 heteroatoms. The fourth-order valence-electron chi connectivity index (χ4n) is 2.91. The van der Waals surface area contributed by atoms with E-state index < -0.39 is 0 Å². The highest BCUT2D eigenvalue weighted by molar-refractivity contribution is 5.55. The number of nitrogens with one attached hydrogen (secondary N) is 1. The summed E-state index contributed by atoms with van der Waals surface area (Å²) in [7, 11) is 0. The van der Waals surface area contributed by atoms with Crippen molar-refractivity contribution in [1.82, 2.24) is 5.32 Å². The minimum atomic E-state index is -0.144. The van der Waals surface area contributed by atoms with Crippen LogP contribution in [-0.4, -0.2) is 30.8 Å². The number of nitrogens with zero attached hydrogens (tertiary/aromatic N) is 1. The summed E-state index contributed by atoms with van der Waals surface area (Å²) in [5, 5.41) is 13.4. The van der Waals surface area contributed by atoms with Gasteiger partial charge in [0.15, 0.2) is 0 Å². The summed E-state index contributed by atoms with van der Waals surface area (Å²) in [6.45, 7) is 9.35. The maximum Gasteiger partial charge on any atom is 0.0599 e. The number of piperidine rings is 1. The van der Waals surface area contributed by atoms with Gasteiger partial charge < -0.3 is 15.3 Å². The molecule has 1 aromatic carbocycles. The second kappa shape index (κ2) is 6.40. The Kier molecular flexibility index (Phi) is 4.83. The van der Waals surface area contributed by atoms with Gasteiger partial charge in [-0.15, -0.1) is 0 Å². The van der Waals surface area contributed by atoms with Gasteiger partial charge in [-0.1, -0.05) is 32.0 Å². The lowest BCUT2D eigenvalue weighted by molar-refractivity contribution is 0.0970. The molecule has 0 radical (unpaired) electrons. The van der Waals surface area contributed by atoms with Crippen molar-refractivity contribution >= 4 is 5.69 Å². The van der Waals surface area contributed by atoms with Crippen molar-refractivity contribution in [2.24, 2.45) is 5.92 Å². The predicted molar refractivity (Wildman–Crippen MR) is 80.5 cm³/mol. The number of aliphatic hydroxyl groups is 1. The van der Waals surface area contributed by atoms with Gasteiger partial charge in [0.2, 0.25) is 0 Å². The van der Waals surface area contributed by atoms with Crippen LogP contribution in [0, 0.1) is 5.92 Å². The third-order valence-corrected chi connectivity index (χ3v) is 4.11. The molecular formula is C16H26N2O. The highest BCUT2D eigenvalue weighted by Crippen LogP contribution is 2.29. The van der Waals surface area contributed by atoms with Crippen molar-refractivity contribution in [3.05, 3.63) is 29.8 Å². The molecule has 0 saturated carbocycles. The van der Waals surface area contributed by atoms with Crippen LogP contribution in [0.15, 0.2) is 24.3 Å². The molecule has 0 amide bonds. The number of hydrogen-bond donors (Lipinski definition) is 2. The van der Waals surface area contributed by atoms with Crippen molar-refractivity contribution in [1.29, 1.82) is 0 Å². The third kappa shape index (κ3) is 3.28. The average molecular weight is 262 g/mol. The number of hydrogen-bond acceptors (Lipinski definition) is 3. The SMILES string of the molecule is CCNC(C)c1ccccc1N1CCC(O)C(C)C1. The number of aliphatic hydroxyl groups excluding tert-OH is 1. The smallest absolute Gasteiger partial charge is 0.0599 e. The minimum absolute atomic E-state index is 0.144. The number of anilines is 1. The lowest BCUT2D eigenvalue weighted by Crippen LogP contribution is -2.42. The zero-order chi connectivity index (χ0) is 13.8. The molecule has 0 bridgehead atoms. The maximum atomic E-state index is 9.87. The van der Waals surface area contributed by atoms with E-state index in [2.05, 4.69) is 55.3 Å². The summed E-state index contributed by atoms with van der Waals surface area (Å²) >= 11 is 0. The summed E-state index contributed by atoms with van der Waals surface area (Å²) in [5.41, 5.74) is 2.67. The molecule has 2 rings (SSSR count). The molecule has 3 atom stereocenters. The zero-order valence-electron chi connectivity index (χ0n) is 12.3. The van der Waals surface area contributed by atoms with Crippen LogP contribution in [0.1, 0.15) is 38.8 Å². The summed E-state index contributed by atoms with van der Waals surface area (Å²) in [4.78, 5) is 2.42. The van der Waals surface area contributed by atoms with Gasteiger partial charge in [0.05, 0.1) is 6.10 Å². The highest BCUT2D eigenvalue weighted by atomic mass is 16.3. The van der Waals surface area contributed by atoms with Crippen LogP contribution in [0.5, 0.6) is 0 Å². The van der Waals surface area contributed by atoms with Crippen molar-refractivity contribution < 1.29 is 5.11 Å². The molecule has 3 unspecified atom stereocenters. The third-order valence-electron chi connectivity index (χ3n) is 4.11. The molecule has 0 aromatic heterocycles. The monoisotopic (exact) mass is 262 g/mol. The quantitative estimate of drug-likeness (QED) is 0.875. The minimum Gasteiger partial charge on any atom is -0.393 e. The van der Waals surface area contributed by atoms with Crippen molar-refractivity contribution in [3.63, 3.8) is 0 Å². The first kappa shape index (κ1) is 14.4. The van der Waals surface area contributed by atoms with Gasteiger partial charge in [-0.25, -0.2) is 0 Å². The Morgan fingerprint density at radius 2 is 2.16 bits per heavy atom. The highest BCUT2D eigenvalue weighted by Gasteiger charge is 2.26. The van der Waals surface area contributed by atoms with Gasteiger partial charge in [-0.2, -0.15) is 0 Å². The summed E-state index contributed by atoms with van der Waals surface area (Å²) in [5.74, 6) is 0.344. The van der Waals surface area contributed by atoms with Crippen molar-refractivity contribution in [2.45, 2.75) is 39.3 Å². The van der Waals surface area contributed by atoms with E-state index in [0.717, 1.165) is 26.1 Å². The summed E-state index contributed by atoms with van der Waals surface area (Å²) < 4.78 is 0. The summed E-state index contributed by atoms with van der Waals surface area (Å²) in [6.07, 6.45) is 0.722. The Bertz CT molecular complexity index is 407. The van der Waals surface area contributed by atoms with E-state index in [1.54, 1.807) is 0 Å². The van der Waals surface area contributed by atoms with E-state index in [4.69, 9.17) is 0 Å². The normalized spacial score (nSPS) is 25.4. The maximum absolute atomic E-state index is 9.87. The average Bonchev–Trinajstić information content (AvgIpc) is 2.42. The summed E-state index contributed by atoms with van der Waals surface area (Å²) in [6, 6.07) is 8.98. The predicted octanol–water partition coefficient (Wildman–Crippen LogP) is 2.56. The zero-order valence-corrected chi connectivity index (χ0v) is 12.3. The second-order valence-electron chi connectivity index (χ2n) is 5.62. The second-order valence-corrected chi connectivity index (χ2v) is 5.62. The van der Waals surface area contributed by atoms with Crippen LogP contribution in [0.3, 0.4) is 0 Å². The Hall–Kier alpha value is -1.06. The first-order valence-electron chi connectivity index (χ1n) is 7.38. The Morgan fingerprint density at radius 3 is 2.84 bits per heavy atom. The molecule has 1 aromatic rings. The topological polar surface area (TPSA) is 35.5 Å². The number of para-hydroxylation sites is 1. The fourth-order valence-corrected chi connectivity index (χ4v) is 2.91. The van der Waals surface area contributed by atoms with Gasteiger partial charge in [-0.3, -0.25) is 0 Å².